The molecule has 1 aliphatic rings. The first-order valence-corrected chi connectivity index (χ1v) is 9.55. The summed E-state index contributed by atoms with van der Waals surface area (Å²) in [6, 6.07) is 13.2. The Hall–Kier alpha value is -3.62. The summed E-state index contributed by atoms with van der Waals surface area (Å²) < 4.78 is 24.6. The lowest BCUT2D eigenvalue weighted by Crippen LogP contribution is -2.50. The van der Waals surface area contributed by atoms with Crippen molar-refractivity contribution >= 4 is 11.6 Å². The quantitative estimate of drug-likeness (QED) is 0.638. The standard InChI is InChI=1S/C21H21FN4O4/c1-29-18-5-3-2-4-17(18)24-10-12-25(13-11-24)19(27)14-26-21(28)30-20(23-26)15-6-8-16(22)9-7-15/h2-9H,10-14H2,1H3. The number of para-hydroxylation sites is 2. The Morgan fingerprint density at radius 2 is 1.80 bits per heavy atom. The Morgan fingerprint density at radius 3 is 2.50 bits per heavy atom. The summed E-state index contributed by atoms with van der Waals surface area (Å²) in [6.45, 7) is 2.14. The van der Waals surface area contributed by atoms with Gasteiger partial charge in [-0.3, -0.25) is 4.79 Å². The van der Waals surface area contributed by atoms with Gasteiger partial charge in [-0.1, -0.05) is 12.1 Å². The average Bonchev–Trinajstić information content (AvgIpc) is 3.14. The number of anilines is 1. The Labute approximate surface area is 172 Å². The van der Waals surface area contributed by atoms with Crippen molar-refractivity contribution in [1.29, 1.82) is 0 Å². The highest BCUT2D eigenvalue weighted by molar-refractivity contribution is 5.76. The maximum atomic E-state index is 13.1. The average molecular weight is 412 g/mol. The normalized spacial score (nSPS) is 14.1. The van der Waals surface area contributed by atoms with Crippen LogP contribution in [0, 0.1) is 5.82 Å². The molecule has 1 aromatic heterocycles. The number of aromatic nitrogens is 2. The fourth-order valence-electron chi connectivity index (χ4n) is 3.43. The molecule has 0 spiro atoms. The minimum atomic E-state index is -0.727. The van der Waals surface area contributed by atoms with Gasteiger partial charge < -0.3 is 19.0 Å². The molecule has 0 radical (unpaired) electrons. The Kier molecular flexibility index (Phi) is 5.51. The van der Waals surface area contributed by atoms with Crippen LogP contribution in [0.5, 0.6) is 5.75 Å². The van der Waals surface area contributed by atoms with Crippen LogP contribution in [0.1, 0.15) is 0 Å². The molecule has 3 aromatic rings. The number of piperazine rings is 1. The number of hydrogen-bond acceptors (Lipinski definition) is 6. The summed E-state index contributed by atoms with van der Waals surface area (Å²) in [5.41, 5.74) is 1.45. The summed E-state index contributed by atoms with van der Waals surface area (Å²) >= 11 is 0. The van der Waals surface area contributed by atoms with Crippen molar-refractivity contribution in [3.63, 3.8) is 0 Å². The minimum Gasteiger partial charge on any atom is -0.495 e. The van der Waals surface area contributed by atoms with E-state index in [2.05, 4.69) is 10.00 Å². The summed E-state index contributed by atoms with van der Waals surface area (Å²) in [5.74, 6) is -0.498. The van der Waals surface area contributed by atoms with E-state index in [4.69, 9.17) is 9.15 Å². The second-order valence-corrected chi connectivity index (χ2v) is 6.88. The number of amides is 1. The van der Waals surface area contributed by atoms with E-state index in [0.717, 1.165) is 16.1 Å². The third-order valence-electron chi connectivity index (χ3n) is 5.04. The number of benzene rings is 2. The largest absolute Gasteiger partial charge is 0.495 e. The van der Waals surface area contributed by atoms with E-state index >= 15 is 0 Å². The zero-order valence-corrected chi connectivity index (χ0v) is 16.5. The van der Waals surface area contributed by atoms with Crippen LogP contribution in [0.15, 0.2) is 57.7 Å². The predicted octanol–water partition coefficient (Wildman–Crippen LogP) is 2.00. The third kappa shape index (κ3) is 4.05. The zero-order valence-electron chi connectivity index (χ0n) is 16.5. The van der Waals surface area contributed by atoms with Crippen molar-refractivity contribution in [2.75, 3.05) is 38.2 Å². The zero-order chi connectivity index (χ0) is 21.1. The van der Waals surface area contributed by atoms with Gasteiger partial charge in [-0.05, 0) is 36.4 Å². The molecule has 2 aromatic carbocycles. The molecule has 1 amide bonds. The first kappa shape index (κ1) is 19.7. The second-order valence-electron chi connectivity index (χ2n) is 6.88. The molecule has 0 saturated carbocycles. The molecule has 0 N–H and O–H groups in total. The van der Waals surface area contributed by atoms with Crippen LogP contribution >= 0.6 is 0 Å². The van der Waals surface area contributed by atoms with Crippen LogP contribution in [-0.4, -0.2) is 53.9 Å². The number of hydrogen-bond donors (Lipinski definition) is 0. The fourth-order valence-corrected chi connectivity index (χ4v) is 3.43. The molecule has 4 rings (SSSR count). The molecule has 0 bridgehead atoms. The molecule has 1 aliphatic heterocycles. The van der Waals surface area contributed by atoms with Gasteiger partial charge in [-0.15, -0.1) is 5.10 Å². The van der Waals surface area contributed by atoms with Crippen LogP contribution < -0.4 is 15.4 Å². The molecule has 156 valence electrons. The van der Waals surface area contributed by atoms with Crippen LogP contribution in [0.25, 0.3) is 11.5 Å². The highest BCUT2D eigenvalue weighted by atomic mass is 19.1. The van der Waals surface area contributed by atoms with Gasteiger partial charge in [0.05, 0.1) is 12.8 Å². The minimum absolute atomic E-state index is 0.0498. The number of carbonyl (C=O) groups is 1. The van der Waals surface area contributed by atoms with Crippen molar-refractivity contribution in [2.45, 2.75) is 6.54 Å². The molecule has 0 atom stereocenters. The lowest BCUT2D eigenvalue weighted by atomic mass is 10.2. The van der Waals surface area contributed by atoms with Crippen LogP contribution in [0.2, 0.25) is 0 Å². The maximum Gasteiger partial charge on any atom is 0.437 e. The SMILES string of the molecule is COc1ccccc1N1CCN(C(=O)Cn2nc(-c3ccc(F)cc3)oc2=O)CC1. The van der Waals surface area contributed by atoms with E-state index in [9.17, 15) is 14.0 Å². The first-order valence-electron chi connectivity index (χ1n) is 9.55. The molecule has 8 nitrogen and oxygen atoms in total. The molecule has 2 heterocycles. The lowest BCUT2D eigenvalue weighted by Gasteiger charge is -2.36. The van der Waals surface area contributed by atoms with Gasteiger partial charge in [-0.25, -0.2) is 9.18 Å². The molecule has 9 heteroatoms. The molecule has 0 aliphatic carbocycles. The van der Waals surface area contributed by atoms with E-state index in [1.165, 1.54) is 24.3 Å². The number of halogens is 1. The van der Waals surface area contributed by atoms with Crippen LogP contribution in [0.4, 0.5) is 10.1 Å². The monoisotopic (exact) mass is 412 g/mol. The van der Waals surface area contributed by atoms with E-state index in [0.29, 0.717) is 31.7 Å². The Balaban J connectivity index is 1.40. The Morgan fingerprint density at radius 1 is 1.10 bits per heavy atom. The van der Waals surface area contributed by atoms with E-state index in [1.807, 2.05) is 24.3 Å². The number of rotatable bonds is 5. The molecule has 1 fully saturated rings. The highest BCUT2D eigenvalue weighted by Crippen LogP contribution is 2.28. The number of nitrogens with zero attached hydrogens (tertiary/aromatic N) is 4. The van der Waals surface area contributed by atoms with Gasteiger partial charge in [0.1, 0.15) is 18.1 Å². The van der Waals surface area contributed by atoms with Crippen molar-refractivity contribution in [3.05, 3.63) is 64.9 Å². The highest BCUT2D eigenvalue weighted by Gasteiger charge is 2.24. The summed E-state index contributed by atoms with van der Waals surface area (Å²) in [7, 11) is 1.63. The van der Waals surface area contributed by atoms with Gasteiger partial charge in [0.15, 0.2) is 0 Å². The number of carbonyl (C=O) groups excluding carboxylic acids is 1. The van der Waals surface area contributed by atoms with Crippen LogP contribution in [-0.2, 0) is 11.3 Å². The van der Waals surface area contributed by atoms with E-state index in [-0.39, 0.29) is 18.3 Å². The van der Waals surface area contributed by atoms with Crippen molar-refractivity contribution in [3.8, 4) is 17.2 Å². The van der Waals surface area contributed by atoms with Crippen LogP contribution in [0.3, 0.4) is 0 Å². The molecular formula is C21H21FN4O4. The summed E-state index contributed by atoms with van der Waals surface area (Å²) in [6.07, 6.45) is 0. The molecule has 30 heavy (non-hydrogen) atoms. The number of ether oxygens (including phenoxy) is 1. The molecular weight excluding hydrogens is 391 g/mol. The molecule has 1 saturated heterocycles. The lowest BCUT2D eigenvalue weighted by molar-refractivity contribution is -0.132. The van der Waals surface area contributed by atoms with Crippen molar-refractivity contribution in [2.24, 2.45) is 0 Å². The van der Waals surface area contributed by atoms with E-state index in [1.54, 1.807) is 12.0 Å². The Bertz CT molecular complexity index is 1080. The molecule has 0 unspecified atom stereocenters. The van der Waals surface area contributed by atoms with E-state index < -0.39 is 11.6 Å². The second kappa shape index (κ2) is 8.40. The smallest absolute Gasteiger partial charge is 0.437 e. The van der Waals surface area contributed by atoms with Gasteiger partial charge in [0.25, 0.3) is 0 Å². The summed E-state index contributed by atoms with van der Waals surface area (Å²) in [4.78, 5) is 28.6. The summed E-state index contributed by atoms with van der Waals surface area (Å²) in [5, 5.41) is 4.07. The number of methoxy groups -OCH3 is 1. The van der Waals surface area contributed by atoms with Gasteiger partial charge in [-0.2, -0.15) is 4.68 Å². The maximum absolute atomic E-state index is 13.1. The van der Waals surface area contributed by atoms with Crippen molar-refractivity contribution in [1.82, 2.24) is 14.7 Å². The fraction of sp³-hybridized carbons (Fsp3) is 0.286. The first-order chi connectivity index (χ1) is 14.5. The van der Waals surface area contributed by atoms with Gasteiger partial charge in [0, 0.05) is 31.7 Å². The van der Waals surface area contributed by atoms with Gasteiger partial charge in [0.2, 0.25) is 11.8 Å². The van der Waals surface area contributed by atoms with Crippen molar-refractivity contribution < 1.29 is 18.3 Å². The topological polar surface area (TPSA) is 80.8 Å². The van der Waals surface area contributed by atoms with Gasteiger partial charge >= 0.3 is 5.76 Å². The third-order valence-corrected chi connectivity index (χ3v) is 5.04. The predicted molar refractivity (Wildman–Crippen MR) is 108 cm³/mol.